The fraction of sp³-hybridized carbons (Fsp3) is 0.474. The molecule has 1 unspecified atom stereocenters. The van der Waals surface area contributed by atoms with Gasteiger partial charge in [0.15, 0.2) is 0 Å². The Morgan fingerprint density at radius 2 is 2.22 bits per heavy atom. The van der Waals surface area contributed by atoms with Crippen LogP contribution in [0.1, 0.15) is 40.5 Å². The van der Waals surface area contributed by atoms with Crippen molar-refractivity contribution in [2.24, 2.45) is 0 Å². The molecule has 3 rings (SSSR count). The van der Waals surface area contributed by atoms with Crippen molar-refractivity contribution >= 4 is 18.3 Å². The van der Waals surface area contributed by atoms with E-state index in [2.05, 4.69) is 15.7 Å². The molecule has 6 nitrogen and oxygen atoms in total. The van der Waals surface area contributed by atoms with Gasteiger partial charge in [0.1, 0.15) is 11.5 Å². The van der Waals surface area contributed by atoms with E-state index in [0.717, 1.165) is 31.5 Å². The number of nitrogens with one attached hydrogen (secondary N) is 2. The lowest BCUT2D eigenvalue weighted by Crippen LogP contribution is -2.32. The standard InChI is InChI=1S/C19H26FN5O.ClH/c1-24(2)13-15-10-14(5-6-17(15)20)11-22-19(26)18-7-9-25(23-18)16-4-3-8-21-12-16;/h5-7,9-10,16,21H,3-4,8,11-13H2,1-2H3,(H,22,26);1H. The summed E-state index contributed by atoms with van der Waals surface area (Å²) in [6.45, 7) is 2.79. The van der Waals surface area contributed by atoms with Gasteiger partial charge in [0.2, 0.25) is 0 Å². The van der Waals surface area contributed by atoms with Crippen LogP contribution in [0.5, 0.6) is 0 Å². The van der Waals surface area contributed by atoms with E-state index in [9.17, 15) is 9.18 Å². The number of nitrogens with zero attached hydrogens (tertiary/aromatic N) is 3. The van der Waals surface area contributed by atoms with Crippen LogP contribution in [0.3, 0.4) is 0 Å². The Morgan fingerprint density at radius 3 is 2.93 bits per heavy atom. The molecule has 0 bridgehead atoms. The van der Waals surface area contributed by atoms with E-state index in [1.54, 1.807) is 18.2 Å². The highest BCUT2D eigenvalue weighted by Crippen LogP contribution is 2.16. The smallest absolute Gasteiger partial charge is 0.272 e. The topological polar surface area (TPSA) is 62.2 Å². The molecule has 2 N–H and O–H groups in total. The Morgan fingerprint density at radius 1 is 1.41 bits per heavy atom. The first-order valence-corrected chi connectivity index (χ1v) is 8.99. The largest absolute Gasteiger partial charge is 0.347 e. The number of carbonyl (C=O) groups excluding carboxylic acids is 1. The zero-order valence-corrected chi connectivity index (χ0v) is 16.6. The van der Waals surface area contributed by atoms with Gasteiger partial charge in [-0.05, 0) is 57.2 Å². The Labute approximate surface area is 165 Å². The molecule has 1 amide bonds. The zero-order chi connectivity index (χ0) is 18.5. The molecule has 1 aliphatic rings. The molecule has 1 aromatic carbocycles. The molecule has 1 aromatic heterocycles. The molecule has 2 aromatic rings. The van der Waals surface area contributed by atoms with Crippen LogP contribution in [0.25, 0.3) is 0 Å². The lowest BCUT2D eigenvalue weighted by molar-refractivity contribution is 0.0944. The molecule has 0 saturated carbocycles. The van der Waals surface area contributed by atoms with Crippen molar-refractivity contribution in [3.05, 3.63) is 53.1 Å². The third-order valence-corrected chi connectivity index (χ3v) is 4.54. The van der Waals surface area contributed by atoms with Crippen molar-refractivity contribution < 1.29 is 9.18 Å². The van der Waals surface area contributed by atoms with Crippen molar-refractivity contribution in [3.63, 3.8) is 0 Å². The average molecular weight is 396 g/mol. The number of hydrogen-bond donors (Lipinski definition) is 2. The van der Waals surface area contributed by atoms with Crippen molar-refractivity contribution in [3.8, 4) is 0 Å². The van der Waals surface area contributed by atoms with E-state index >= 15 is 0 Å². The van der Waals surface area contributed by atoms with Crippen LogP contribution in [-0.4, -0.2) is 47.8 Å². The number of halogens is 2. The van der Waals surface area contributed by atoms with Crippen molar-refractivity contribution in [1.82, 2.24) is 25.3 Å². The van der Waals surface area contributed by atoms with E-state index in [0.29, 0.717) is 30.4 Å². The molecular weight excluding hydrogens is 369 g/mol. The van der Waals surface area contributed by atoms with Gasteiger partial charge < -0.3 is 15.5 Å². The Kier molecular flexibility index (Phi) is 7.77. The predicted octanol–water partition coefficient (Wildman–Crippen LogP) is 2.36. The van der Waals surface area contributed by atoms with E-state index in [4.69, 9.17) is 0 Å². The summed E-state index contributed by atoms with van der Waals surface area (Å²) < 4.78 is 15.7. The van der Waals surface area contributed by atoms with Crippen LogP contribution < -0.4 is 10.6 Å². The van der Waals surface area contributed by atoms with Crippen molar-refractivity contribution in [2.75, 3.05) is 27.2 Å². The average Bonchev–Trinajstić information content (AvgIpc) is 3.13. The molecule has 1 aliphatic heterocycles. The van der Waals surface area contributed by atoms with Crippen LogP contribution in [0, 0.1) is 5.82 Å². The molecule has 0 spiro atoms. The number of piperidine rings is 1. The third kappa shape index (κ3) is 5.76. The van der Waals surface area contributed by atoms with Gasteiger partial charge in [-0.1, -0.05) is 6.07 Å². The third-order valence-electron chi connectivity index (χ3n) is 4.54. The molecule has 1 saturated heterocycles. The summed E-state index contributed by atoms with van der Waals surface area (Å²) in [5, 5.41) is 10.6. The van der Waals surface area contributed by atoms with Crippen LogP contribution in [-0.2, 0) is 13.1 Å². The highest BCUT2D eigenvalue weighted by atomic mass is 35.5. The second-order valence-corrected chi connectivity index (χ2v) is 7.03. The molecular formula is C19H27ClFN5O. The van der Waals surface area contributed by atoms with Gasteiger partial charge in [-0.3, -0.25) is 9.48 Å². The highest BCUT2D eigenvalue weighted by Gasteiger charge is 2.17. The van der Waals surface area contributed by atoms with Gasteiger partial charge in [0.05, 0.1) is 6.04 Å². The quantitative estimate of drug-likeness (QED) is 0.788. The van der Waals surface area contributed by atoms with Crippen LogP contribution >= 0.6 is 12.4 Å². The molecule has 148 valence electrons. The minimum atomic E-state index is -0.228. The maximum absolute atomic E-state index is 13.8. The van der Waals surface area contributed by atoms with E-state index < -0.39 is 0 Å². The summed E-state index contributed by atoms with van der Waals surface area (Å²) in [5.41, 5.74) is 1.90. The van der Waals surface area contributed by atoms with Gasteiger partial charge >= 0.3 is 0 Å². The van der Waals surface area contributed by atoms with Crippen molar-refractivity contribution in [1.29, 1.82) is 0 Å². The lowest BCUT2D eigenvalue weighted by atomic mass is 10.1. The second-order valence-electron chi connectivity index (χ2n) is 7.03. The molecule has 8 heteroatoms. The summed E-state index contributed by atoms with van der Waals surface area (Å²) in [5.74, 6) is -0.445. The monoisotopic (exact) mass is 395 g/mol. The highest BCUT2D eigenvalue weighted by molar-refractivity contribution is 5.92. The molecule has 1 fully saturated rings. The summed E-state index contributed by atoms with van der Waals surface area (Å²) in [6, 6.07) is 6.98. The number of aromatic nitrogens is 2. The van der Waals surface area contributed by atoms with E-state index in [-0.39, 0.29) is 24.1 Å². The first-order chi connectivity index (χ1) is 12.5. The van der Waals surface area contributed by atoms with Gasteiger partial charge in [0, 0.05) is 31.4 Å². The molecule has 0 aliphatic carbocycles. The lowest BCUT2D eigenvalue weighted by Gasteiger charge is -2.22. The Hall–Kier alpha value is -1.96. The van der Waals surface area contributed by atoms with Gasteiger partial charge in [-0.2, -0.15) is 5.10 Å². The van der Waals surface area contributed by atoms with Crippen molar-refractivity contribution in [2.45, 2.75) is 32.0 Å². The van der Waals surface area contributed by atoms with Gasteiger partial charge in [-0.15, -0.1) is 12.4 Å². The zero-order valence-electron chi connectivity index (χ0n) is 15.7. The Balaban J connectivity index is 0.00000261. The number of benzene rings is 1. The number of hydrogen-bond acceptors (Lipinski definition) is 4. The molecule has 1 atom stereocenters. The second kappa shape index (κ2) is 9.82. The van der Waals surface area contributed by atoms with E-state index in [1.807, 2.05) is 29.9 Å². The summed E-state index contributed by atoms with van der Waals surface area (Å²) in [7, 11) is 3.79. The molecule has 27 heavy (non-hydrogen) atoms. The summed E-state index contributed by atoms with van der Waals surface area (Å²) >= 11 is 0. The number of amides is 1. The Bertz CT molecular complexity index is 758. The maximum atomic E-state index is 13.8. The van der Waals surface area contributed by atoms with Gasteiger partial charge in [0.25, 0.3) is 5.91 Å². The molecule has 2 heterocycles. The van der Waals surface area contributed by atoms with Gasteiger partial charge in [-0.25, -0.2) is 4.39 Å². The fourth-order valence-electron chi connectivity index (χ4n) is 3.19. The van der Waals surface area contributed by atoms with Crippen LogP contribution in [0.15, 0.2) is 30.5 Å². The van der Waals surface area contributed by atoms with Crippen LogP contribution in [0.4, 0.5) is 4.39 Å². The SMILES string of the molecule is CN(C)Cc1cc(CNC(=O)c2ccn(C3CCCNC3)n2)ccc1F.Cl. The minimum Gasteiger partial charge on any atom is -0.347 e. The molecule has 0 radical (unpaired) electrons. The maximum Gasteiger partial charge on any atom is 0.272 e. The number of carbonyl (C=O) groups is 1. The first-order valence-electron chi connectivity index (χ1n) is 8.99. The fourth-order valence-corrected chi connectivity index (χ4v) is 3.19. The summed E-state index contributed by atoms with van der Waals surface area (Å²) in [4.78, 5) is 14.3. The normalized spacial score (nSPS) is 16.8. The first kappa shape index (κ1) is 21.3. The van der Waals surface area contributed by atoms with Crippen LogP contribution in [0.2, 0.25) is 0 Å². The minimum absolute atomic E-state index is 0. The number of rotatable bonds is 6. The summed E-state index contributed by atoms with van der Waals surface area (Å²) in [6.07, 6.45) is 4.05. The van der Waals surface area contributed by atoms with E-state index in [1.165, 1.54) is 6.07 Å². The predicted molar refractivity (Wildman–Crippen MR) is 106 cm³/mol.